The number of methoxy groups -OCH3 is 1. The molecule has 0 amide bonds. The van der Waals surface area contributed by atoms with Gasteiger partial charge in [-0.2, -0.15) is 5.10 Å². The first kappa shape index (κ1) is 16.0. The minimum absolute atomic E-state index is 0.196. The monoisotopic (exact) mass is 352 g/mol. The van der Waals surface area contributed by atoms with E-state index in [0.717, 1.165) is 35.1 Å². The van der Waals surface area contributed by atoms with Gasteiger partial charge in [-0.15, -0.1) is 0 Å². The van der Waals surface area contributed by atoms with E-state index in [4.69, 9.17) is 4.74 Å². The van der Waals surface area contributed by atoms with E-state index in [1.807, 2.05) is 30.2 Å². The summed E-state index contributed by atoms with van der Waals surface area (Å²) < 4.78 is 8.04. The van der Waals surface area contributed by atoms with Gasteiger partial charge < -0.3 is 10.1 Å². The van der Waals surface area contributed by atoms with Crippen LogP contribution in [0.2, 0.25) is 0 Å². The molecule has 21 heavy (non-hydrogen) atoms. The van der Waals surface area contributed by atoms with Crippen LogP contribution in [0, 0.1) is 0 Å². The van der Waals surface area contributed by atoms with Gasteiger partial charge in [0.1, 0.15) is 0 Å². The Morgan fingerprint density at radius 2 is 2.19 bits per heavy atom. The lowest BCUT2D eigenvalue weighted by Crippen LogP contribution is -2.26. The lowest BCUT2D eigenvalue weighted by molar-refractivity contribution is 0.397. The molecule has 0 aliphatic heterocycles. The maximum Gasteiger partial charge on any atom is 0.212 e. The topological polar surface area (TPSA) is 52.0 Å². The number of aromatic nitrogens is 3. The van der Waals surface area contributed by atoms with Gasteiger partial charge in [0.25, 0.3) is 0 Å². The van der Waals surface area contributed by atoms with Crippen molar-refractivity contribution in [3.63, 3.8) is 0 Å². The average molecular weight is 353 g/mol. The van der Waals surface area contributed by atoms with Crippen LogP contribution in [-0.4, -0.2) is 28.4 Å². The van der Waals surface area contributed by atoms with Crippen LogP contribution in [-0.2, 0) is 13.5 Å². The van der Waals surface area contributed by atoms with Crippen molar-refractivity contribution >= 4 is 15.9 Å². The lowest BCUT2D eigenvalue weighted by Gasteiger charge is -2.19. The van der Waals surface area contributed by atoms with E-state index < -0.39 is 0 Å². The normalized spacial score (nSPS) is 12.4. The Morgan fingerprint density at radius 3 is 2.71 bits per heavy atom. The number of ether oxygens (including phenoxy) is 1. The van der Waals surface area contributed by atoms with E-state index >= 15 is 0 Å². The Morgan fingerprint density at radius 1 is 1.38 bits per heavy atom. The standard InChI is InChI=1S/C15H21BrN4O/c1-4-7-17-13(15-12(16)10-19-20(15)2)8-11-5-6-14(21-3)18-9-11/h5-6,9-10,13,17H,4,7-8H2,1-3H3. The maximum atomic E-state index is 5.10. The Hall–Kier alpha value is -1.40. The van der Waals surface area contributed by atoms with Crippen molar-refractivity contribution in [3.8, 4) is 5.88 Å². The molecular weight excluding hydrogens is 332 g/mol. The molecule has 0 spiro atoms. The molecule has 5 nitrogen and oxygen atoms in total. The molecule has 0 saturated heterocycles. The molecule has 0 aliphatic rings. The molecule has 114 valence electrons. The Bertz CT molecular complexity index is 548. The number of halogens is 1. The zero-order valence-electron chi connectivity index (χ0n) is 12.6. The summed E-state index contributed by atoms with van der Waals surface area (Å²) in [6, 6.07) is 4.14. The fourth-order valence-corrected chi connectivity index (χ4v) is 2.91. The van der Waals surface area contributed by atoms with Crippen molar-refractivity contribution < 1.29 is 4.74 Å². The van der Waals surface area contributed by atoms with E-state index in [-0.39, 0.29) is 6.04 Å². The summed E-state index contributed by atoms with van der Waals surface area (Å²) in [6.45, 7) is 3.13. The fraction of sp³-hybridized carbons (Fsp3) is 0.467. The molecule has 2 aromatic heterocycles. The van der Waals surface area contributed by atoms with Crippen molar-refractivity contribution in [2.24, 2.45) is 7.05 Å². The molecule has 0 fully saturated rings. The SMILES string of the molecule is CCCNC(Cc1ccc(OC)nc1)c1c(Br)cnn1C. The maximum absolute atomic E-state index is 5.10. The van der Waals surface area contributed by atoms with Crippen LogP contribution < -0.4 is 10.1 Å². The largest absolute Gasteiger partial charge is 0.481 e. The highest BCUT2D eigenvalue weighted by molar-refractivity contribution is 9.10. The van der Waals surface area contributed by atoms with Crippen LogP contribution >= 0.6 is 15.9 Å². The molecule has 0 aromatic carbocycles. The zero-order valence-corrected chi connectivity index (χ0v) is 14.2. The third-order valence-corrected chi connectivity index (χ3v) is 3.97. The number of hydrogen-bond donors (Lipinski definition) is 1. The van der Waals surface area contributed by atoms with Crippen molar-refractivity contribution in [2.45, 2.75) is 25.8 Å². The van der Waals surface area contributed by atoms with Crippen molar-refractivity contribution in [2.75, 3.05) is 13.7 Å². The summed E-state index contributed by atoms with van der Waals surface area (Å²) in [7, 11) is 3.59. The van der Waals surface area contributed by atoms with Crippen LogP contribution in [0.1, 0.15) is 30.6 Å². The molecule has 0 radical (unpaired) electrons. The van der Waals surface area contributed by atoms with Gasteiger partial charge in [0, 0.05) is 19.3 Å². The van der Waals surface area contributed by atoms with E-state index in [9.17, 15) is 0 Å². The number of aryl methyl sites for hydroxylation is 1. The van der Waals surface area contributed by atoms with Crippen LogP contribution in [0.4, 0.5) is 0 Å². The first-order valence-electron chi connectivity index (χ1n) is 7.05. The Balaban J connectivity index is 2.19. The highest BCUT2D eigenvalue weighted by Crippen LogP contribution is 2.25. The fourth-order valence-electron chi connectivity index (χ4n) is 2.28. The molecule has 0 saturated carbocycles. The molecule has 0 bridgehead atoms. The van der Waals surface area contributed by atoms with Gasteiger partial charge in [-0.25, -0.2) is 4.98 Å². The van der Waals surface area contributed by atoms with E-state index in [1.165, 1.54) is 0 Å². The summed E-state index contributed by atoms with van der Waals surface area (Å²) in [6.07, 6.45) is 5.65. The first-order chi connectivity index (χ1) is 10.2. The number of hydrogen-bond acceptors (Lipinski definition) is 4. The van der Waals surface area contributed by atoms with Gasteiger partial charge in [0.05, 0.1) is 29.5 Å². The van der Waals surface area contributed by atoms with Gasteiger partial charge in [0.15, 0.2) is 0 Å². The highest BCUT2D eigenvalue weighted by atomic mass is 79.9. The first-order valence-corrected chi connectivity index (χ1v) is 7.84. The van der Waals surface area contributed by atoms with Gasteiger partial charge in [0.2, 0.25) is 5.88 Å². The van der Waals surface area contributed by atoms with Crippen LogP contribution in [0.15, 0.2) is 29.0 Å². The van der Waals surface area contributed by atoms with E-state index in [2.05, 4.69) is 44.3 Å². The lowest BCUT2D eigenvalue weighted by atomic mass is 10.0. The van der Waals surface area contributed by atoms with Gasteiger partial charge >= 0.3 is 0 Å². The molecule has 2 aromatic rings. The number of nitrogens with one attached hydrogen (secondary N) is 1. The molecular formula is C15H21BrN4O. The predicted octanol–water partition coefficient (Wildman–Crippen LogP) is 2.87. The number of pyridine rings is 1. The molecule has 6 heteroatoms. The van der Waals surface area contributed by atoms with Crippen LogP contribution in [0.25, 0.3) is 0 Å². The van der Waals surface area contributed by atoms with Gasteiger partial charge in [-0.1, -0.05) is 13.0 Å². The summed E-state index contributed by atoms with van der Waals surface area (Å²) in [4.78, 5) is 4.27. The van der Waals surface area contributed by atoms with Crippen LogP contribution in [0.5, 0.6) is 5.88 Å². The quantitative estimate of drug-likeness (QED) is 0.832. The average Bonchev–Trinajstić information content (AvgIpc) is 2.83. The minimum Gasteiger partial charge on any atom is -0.481 e. The summed E-state index contributed by atoms with van der Waals surface area (Å²) in [5.74, 6) is 0.638. The molecule has 1 atom stereocenters. The minimum atomic E-state index is 0.196. The second kappa shape index (κ2) is 7.56. The second-order valence-electron chi connectivity index (χ2n) is 4.92. The third kappa shape index (κ3) is 4.04. The van der Waals surface area contributed by atoms with Crippen LogP contribution in [0.3, 0.4) is 0 Å². The summed E-state index contributed by atoms with van der Waals surface area (Å²) in [5, 5.41) is 7.89. The molecule has 0 aliphatic carbocycles. The number of rotatable bonds is 7. The van der Waals surface area contributed by atoms with Crippen molar-refractivity contribution in [1.82, 2.24) is 20.1 Å². The van der Waals surface area contributed by atoms with Crippen molar-refractivity contribution in [3.05, 3.63) is 40.3 Å². The Labute approximate surface area is 133 Å². The smallest absolute Gasteiger partial charge is 0.212 e. The summed E-state index contributed by atoms with van der Waals surface area (Å²) in [5.41, 5.74) is 2.32. The summed E-state index contributed by atoms with van der Waals surface area (Å²) >= 11 is 3.59. The number of nitrogens with zero attached hydrogens (tertiary/aromatic N) is 3. The van der Waals surface area contributed by atoms with E-state index in [0.29, 0.717) is 5.88 Å². The molecule has 2 rings (SSSR count). The second-order valence-corrected chi connectivity index (χ2v) is 5.78. The van der Waals surface area contributed by atoms with Gasteiger partial charge in [-0.3, -0.25) is 4.68 Å². The predicted molar refractivity (Wildman–Crippen MR) is 86.4 cm³/mol. The third-order valence-electron chi connectivity index (χ3n) is 3.35. The van der Waals surface area contributed by atoms with Crippen molar-refractivity contribution in [1.29, 1.82) is 0 Å². The van der Waals surface area contributed by atoms with Gasteiger partial charge in [-0.05, 0) is 40.9 Å². The zero-order chi connectivity index (χ0) is 15.2. The molecule has 1 unspecified atom stereocenters. The molecule has 2 heterocycles. The Kier molecular flexibility index (Phi) is 5.76. The highest BCUT2D eigenvalue weighted by Gasteiger charge is 2.19. The molecule has 1 N–H and O–H groups in total. The van der Waals surface area contributed by atoms with E-state index in [1.54, 1.807) is 7.11 Å².